The average molecular weight is 460 g/mol. The standard InChI is InChI=1S/C24H25N7OS/c1-12(2)19-14(4)28-23(25)30-21(19)31-5-6-32-20-13(3)7-15(8-17(20)11-31)16-9-18-22(27-10-16)33-24(26)29-18/h7-10H,1,5-6,11H2,2-4H3,(H2,26,29)(H2,25,28,30). The molecule has 4 heterocycles. The van der Waals surface area contributed by atoms with E-state index in [4.69, 9.17) is 16.2 Å². The molecule has 5 rings (SSSR count). The largest absolute Gasteiger partial charge is 0.491 e. The molecule has 0 spiro atoms. The van der Waals surface area contributed by atoms with E-state index in [1.165, 1.54) is 11.3 Å². The van der Waals surface area contributed by atoms with Crippen LogP contribution in [0.1, 0.15) is 29.3 Å². The molecule has 0 saturated heterocycles. The second kappa shape index (κ2) is 8.00. The van der Waals surface area contributed by atoms with Crippen molar-refractivity contribution in [2.75, 3.05) is 29.5 Å². The Morgan fingerprint density at radius 2 is 1.94 bits per heavy atom. The number of ether oxygens (including phenoxy) is 1. The van der Waals surface area contributed by atoms with Crippen LogP contribution in [0.25, 0.3) is 27.0 Å². The molecular weight excluding hydrogens is 434 g/mol. The summed E-state index contributed by atoms with van der Waals surface area (Å²) in [5.74, 6) is 1.95. The predicted molar refractivity (Wildman–Crippen MR) is 134 cm³/mol. The van der Waals surface area contributed by atoms with Gasteiger partial charge in [0.15, 0.2) is 5.13 Å². The van der Waals surface area contributed by atoms with E-state index in [1.807, 2.05) is 26.1 Å². The van der Waals surface area contributed by atoms with Crippen molar-refractivity contribution in [2.24, 2.45) is 0 Å². The van der Waals surface area contributed by atoms with Gasteiger partial charge in [-0.25, -0.2) is 15.0 Å². The Hall–Kier alpha value is -3.72. The molecule has 0 saturated carbocycles. The Balaban J connectivity index is 1.59. The molecule has 0 unspecified atom stereocenters. The summed E-state index contributed by atoms with van der Waals surface area (Å²) in [4.78, 5) is 20.9. The fourth-order valence-corrected chi connectivity index (χ4v) is 5.02. The van der Waals surface area contributed by atoms with Crippen LogP contribution in [-0.2, 0) is 6.54 Å². The summed E-state index contributed by atoms with van der Waals surface area (Å²) in [5, 5.41) is 0.518. The normalized spacial score (nSPS) is 13.5. The van der Waals surface area contributed by atoms with Gasteiger partial charge in [-0.05, 0) is 55.7 Å². The smallest absolute Gasteiger partial charge is 0.222 e. The number of pyridine rings is 1. The molecule has 1 aliphatic rings. The number of nitrogens with two attached hydrogens (primary N) is 2. The SMILES string of the molecule is C=C(C)c1c(C)nc(N)nc1N1CCOc2c(C)cc(-c3cnc4sc(N)nc4c3)cc2C1. The lowest BCUT2D eigenvalue weighted by Crippen LogP contribution is -2.28. The first kappa shape index (κ1) is 21.1. The molecule has 0 bridgehead atoms. The van der Waals surface area contributed by atoms with E-state index in [0.717, 1.165) is 61.0 Å². The highest BCUT2D eigenvalue weighted by molar-refractivity contribution is 7.21. The summed E-state index contributed by atoms with van der Waals surface area (Å²) in [6.45, 7) is 11.9. The number of thiazole rings is 1. The van der Waals surface area contributed by atoms with Crippen molar-refractivity contribution < 1.29 is 4.74 Å². The van der Waals surface area contributed by atoms with Crippen molar-refractivity contribution in [3.05, 3.63) is 53.4 Å². The number of nitrogens with zero attached hydrogens (tertiary/aromatic N) is 5. The number of aromatic nitrogens is 4. The number of aryl methyl sites for hydroxylation is 2. The van der Waals surface area contributed by atoms with Crippen molar-refractivity contribution in [3.63, 3.8) is 0 Å². The van der Waals surface area contributed by atoms with Crippen LogP contribution in [0.15, 0.2) is 31.0 Å². The summed E-state index contributed by atoms with van der Waals surface area (Å²) in [6, 6.07) is 6.30. The van der Waals surface area contributed by atoms with Gasteiger partial charge in [0.2, 0.25) is 5.95 Å². The van der Waals surface area contributed by atoms with Gasteiger partial charge in [-0.1, -0.05) is 17.9 Å². The second-order valence-electron chi connectivity index (χ2n) is 8.30. The van der Waals surface area contributed by atoms with Crippen LogP contribution in [0, 0.1) is 13.8 Å². The fourth-order valence-electron chi connectivity index (χ4n) is 4.37. The zero-order valence-electron chi connectivity index (χ0n) is 18.8. The summed E-state index contributed by atoms with van der Waals surface area (Å²) >= 11 is 1.39. The first-order chi connectivity index (χ1) is 15.8. The van der Waals surface area contributed by atoms with Gasteiger partial charge in [0.25, 0.3) is 0 Å². The molecule has 168 valence electrons. The summed E-state index contributed by atoms with van der Waals surface area (Å²) < 4.78 is 6.17. The molecule has 4 aromatic rings. The third kappa shape index (κ3) is 3.84. The van der Waals surface area contributed by atoms with Crippen molar-refractivity contribution in [1.29, 1.82) is 0 Å². The van der Waals surface area contributed by atoms with Gasteiger partial charge < -0.3 is 21.1 Å². The number of fused-ring (bicyclic) bond motifs is 2. The van der Waals surface area contributed by atoms with Gasteiger partial charge >= 0.3 is 0 Å². The maximum absolute atomic E-state index is 6.17. The molecule has 3 aromatic heterocycles. The van der Waals surface area contributed by atoms with Gasteiger partial charge in [0.1, 0.15) is 28.5 Å². The molecule has 0 fully saturated rings. The molecule has 9 heteroatoms. The van der Waals surface area contributed by atoms with E-state index >= 15 is 0 Å². The molecule has 0 atom stereocenters. The molecule has 33 heavy (non-hydrogen) atoms. The van der Waals surface area contributed by atoms with Gasteiger partial charge in [-0.2, -0.15) is 4.98 Å². The van der Waals surface area contributed by atoms with Crippen LogP contribution in [-0.4, -0.2) is 33.1 Å². The van der Waals surface area contributed by atoms with Gasteiger partial charge in [0, 0.05) is 29.4 Å². The first-order valence-corrected chi connectivity index (χ1v) is 11.5. The molecule has 4 N–H and O–H groups in total. The molecule has 8 nitrogen and oxygen atoms in total. The Morgan fingerprint density at radius 3 is 2.73 bits per heavy atom. The minimum Gasteiger partial charge on any atom is -0.491 e. The highest BCUT2D eigenvalue weighted by Crippen LogP contribution is 2.36. The van der Waals surface area contributed by atoms with Crippen LogP contribution in [0.5, 0.6) is 5.75 Å². The van der Waals surface area contributed by atoms with E-state index in [-0.39, 0.29) is 5.95 Å². The average Bonchev–Trinajstić information content (AvgIpc) is 2.98. The molecule has 0 amide bonds. The highest BCUT2D eigenvalue weighted by Gasteiger charge is 2.23. The number of hydrogen-bond donors (Lipinski definition) is 2. The zero-order valence-corrected chi connectivity index (χ0v) is 19.7. The number of hydrogen-bond acceptors (Lipinski definition) is 9. The Kier molecular flexibility index (Phi) is 5.13. The number of allylic oxidation sites excluding steroid dienone is 1. The first-order valence-electron chi connectivity index (χ1n) is 10.6. The lowest BCUT2D eigenvalue weighted by atomic mass is 9.99. The fraction of sp³-hybridized carbons (Fsp3) is 0.250. The number of nitrogen functional groups attached to an aromatic ring is 2. The predicted octanol–water partition coefficient (Wildman–Crippen LogP) is 4.36. The van der Waals surface area contributed by atoms with E-state index < -0.39 is 0 Å². The molecular formula is C24H25N7OS. The maximum atomic E-state index is 6.17. The van der Waals surface area contributed by atoms with Crippen LogP contribution < -0.4 is 21.1 Å². The van der Waals surface area contributed by atoms with Gasteiger partial charge in [-0.15, -0.1) is 0 Å². The van der Waals surface area contributed by atoms with Crippen LogP contribution in [0.2, 0.25) is 0 Å². The maximum Gasteiger partial charge on any atom is 0.222 e. The lowest BCUT2D eigenvalue weighted by molar-refractivity contribution is 0.329. The Labute approximate surface area is 196 Å². The summed E-state index contributed by atoms with van der Waals surface area (Å²) in [7, 11) is 0. The quantitative estimate of drug-likeness (QED) is 0.464. The van der Waals surface area contributed by atoms with Gasteiger partial charge in [0.05, 0.1) is 12.2 Å². The number of rotatable bonds is 3. The molecule has 0 radical (unpaired) electrons. The summed E-state index contributed by atoms with van der Waals surface area (Å²) in [5.41, 5.74) is 19.5. The minimum absolute atomic E-state index is 0.254. The van der Waals surface area contributed by atoms with Crippen LogP contribution in [0.4, 0.5) is 16.9 Å². The second-order valence-corrected chi connectivity index (χ2v) is 9.31. The highest BCUT2D eigenvalue weighted by atomic mass is 32.1. The summed E-state index contributed by atoms with van der Waals surface area (Å²) in [6.07, 6.45) is 1.87. The molecule has 0 aliphatic carbocycles. The number of benzene rings is 1. The third-order valence-corrected chi connectivity index (χ3v) is 6.54. The Morgan fingerprint density at radius 1 is 1.12 bits per heavy atom. The minimum atomic E-state index is 0.254. The zero-order chi connectivity index (χ0) is 23.3. The topological polar surface area (TPSA) is 116 Å². The van der Waals surface area contributed by atoms with E-state index in [0.29, 0.717) is 24.8 Å². The third-order valence-electron chi connectivity index (χ3n) is 5.73. The van der Waals surface area contributed by atoms with Crippen LogP contribution in [0.3, 0.4) is 0 Å². The molecule has 1 aliphatic heterocycles. The van der Waals surface area contributed by atoms with E-state index in [2.05, 4.69) is 50.5 Å². The van der Waals surface area contributed by atoms with E-state index in [9.17, 15) is 0 Å². The molecule has 1 aromatic carbocycles. The van der Waals surface area contributed by atoms with Crippen molar-refractivity contribution in [2.45, 2.75) is 27.3 Å². The van der Waals surface area contributed by atoms with Crippen LogP contribution >= 0.6 is 11.3 Å². The van der Waals surface area contributed by atoms with Gasteiger partial charge in [-0.3, -0.25) is 0 Å². The monoisotopic (exact) mass is 459 g/mol. The Bertz CT molecular complexity index is 1410. The number of anilines is 3. The van der Waals surface area contributed by atoms with Crippen molar-refractivity contribution in [1.82, 2.24) is 19.9 Å². The lowest BCUT2D eigenvalue weighted by Gasteiger charge is -2.25. The van der Waals surface area contributed by atoms with Crippen molar-refractivity contribution >= 4 is 44.2 Å². The van der Waals surface area contributed by atoms with E-state index in [1.54, 1.807) is 0 Å². The van der Waals surface area contributed by atoms with Crippen molar-refractivity contribution in [3.8, 4) is 16.9 Å².